The van der Waals surface area contributed by atoms with E-state index in [0.29, 0.717) is 12.0 Å². The Hall–Kier alpha value is -0.830. The number of fused-ring (bicyclic) bond motifs is 1. The Bertz CT molecular complexity index is 367. The zero-order chi connectivity index (χ0) is 13.6. The summed E-state index contributed by atoms with van der Waals surface area (Å²) < 4.78 is 11.0. The lowest BCUT2D eigenvalue weighted by Crippen LogP contribution is -2.39. The number of carbonyl (C=O) groups excluding carboxylic acids is 1. The molecule has 0 aromatic carbocycles. The minimum atomic E-state index is -0.234. The lowest BCUT2D eigenvalue weighted by molar-refractivity contribution is -0.143. The fourth-order valence-electron chi connectivity index (χ4n) is 3.35. The third kappa shape index (κ3) is 2.46. The molecule has 1 saturated heterocycles. The number of esters is 1. The van der Waals surface area contributed by atoms with Crippen molar-refractivity contribution >= 4 is 5.97 Å². The van der Waals surface area contributed by atoms with Crippen LogP contribution < -0.4 is 0 Å². The van der Waals surface area contributed by atoms with Gasteiger partial charge in [-0.25, -0.2) is 0 Å². The monoisotopic (exact) mass is 252 g/mol. The molecule has 0 unspecified atom stereocenters. The highest BCUT2D eigenvalue weighted by atomic mass is 16.6. The van der Waals surface area contributed by atoms with Gasteiger partial charge in [-0.15, -0.1) is 0 Å². The first-order valence-corrected chi connectivity index (χ1v) is 6.79. The van der Waals surface area contributed by atoms with Crippen LogP contribution in [-0.2, 0) is 14.3 Å². The Labute approximate surface area is 110 Å². The fraction of sp³-hybridized carbons (Fsp3) is 0.800. The number of hydrogen-bond acceptors (Lipinski definition) is 3. The minimum Gasteiger partial charge on any atom is -0.459 e. The molecule has 0 radical (unpaired) electrons. The van der Waals surface area contributed by atoms with E-state index in [2.05, 4.69) is 26.8 Å². The second kappa shape index (κ2) is 4.37. The highest BCUT2D eigenvalue weighted by molar-refractivity contribution is 5.66. The van der Waals surface area contributed by atoms with Crippen LogP contribution in [0.1, 0.15) is 47.5 Å². The van der Waals surface area contributed by atoms with Crippen molar-refractivity contribution in [2.24, 2.45) is 11.3 Å². The van der Waals surface area contributed by atoms with Crippen LogP contribution in [0.4, 0.5) is 0 Å². The van der Waals surface area contributed by atoms with E-state index in [0.717, 1.165) is 6.42 Å². The second-order valence-corrected chi connectivity index (χ2v) is 6.49. The van der Waals surface area contributed by atoms with E-state index in [1.807, 2.05) is 13.0 Å². The van der Waals surface area contributed by atoms with Crippen LogP contribution in [0.25, 0.3) is 0 Å². The van der Waals surface area contributed by atoms with Crippen molar-refractivity contribution < 1.29 is 14.3 Å². The van der Waals surface area contributed by atoms with Crippen molar-refractivity contribution in [2.45, 2.75) is 65.3 Å². The summed E-state index contributed by atoms with van der Waals surface area (Å²) in [4.78, 5) is 10.9. The van der Waals surface area contributed by atoms with Gasteiger partial charge in [0, 0.05) is 12.8 Å². The standard InChI is InChI=1S/C15H24O3/c1-10(17-11(2)16)6-7-12-14(3,4)9-8-13-15(12,5)18-13/h6-7,10,12-13H,8-9H2,1-5H3/t10-,12+,13-,15+/m0/s1. The molecule has 2 aliphatic rings. The molecule has 1 heterocycles. The molecule has 3 heteroatoms. The molecular formula is C15H24O3. The number of epoxide rings is 1. The lowest BCUT2D eigenvalue weighted by Gasteiger charge is -2.38. The normalized spacial score (nSPS) is 39.2. The molecule has 1 aliphatic heterocycles. The van der Waals surface area contributed by atoms with Crippen molar-refractivity contribution in [1.29, 1.82) is 0 Å². The largest absolute Gasteiger partial charge is 0.459 e. The second-order valence-electron chi connectivity index (χ2n) is 6.49. The minimum absolute atomic E-state index is 0.00576. The van der Waals surface area contributed by atoms with Crippen LogP contribution in [0.2, 0.25) is 0 Å². The predicted octanol–water partition coefficient (Wildman–Crippen LogP) is 3.09. The molecule has 2 rings (SSSR count). The summed E-state index contributed by atoms with van der Waals surface area (Å²) in [6.45, 7) is 10.1. The Morgan fingerprint density at radius 3 is 2.72 bits per heavy atom. The van der Waals surface area contributed by atoms with E-state index in [4.69, 9.17) is 9.47 Å². The van der Waals surface area contributed by atoms with E-state index >= 15 is 0 Å². The van der Waals surface area contributed by atoms with Crippen LogP contribution in [-0.4, -0.2) is 23.8 Å². The summed E-state index contributed by atoms with van der Waals surface area (Å²) in [6.07, 6.45) is 6.78. The maximum Gasteiger partial charge on any atom is 0.303 e. The van der Waals surface area contributed by atoms with Gasteiger partial charge in [0.2, 0.25) is 0 Å². The summed E-state index contributed by atoms with van der Waals surface area (Å²) in [7, 11) is 0. The molecule has 0 bridgehead atoms. The van der Waals surface area contributed by atoms with Gasteiger partial charge in [-0.1, -0.05) is 19.9 Å². The summed E-state index contributed by atoms with van der Waals surface area (Å²) in [5, 5.41) is 0. The van der Waals surface area contributed by atoms with Gasteiger partial charge in [0.05, 0.1) is 11.7 Å². The molecule has 1 aliphatic carbocycles. The molecule has 2 fully saturated rings. The lowest BCUT2D eigenvalue weighted by atomic mass is 9.64. The third-order valence-corrected chi connectivity index (χ3v) is 4.42. The van der Waals surface area contributed by atoms with Gasteiger partial charge in [-0.05, 0) is 38.2 Å². The van der Waals surface area contributed by atoms with Crippen molar-refractivity contribution in [3.63, 3.8) is 0 Å². The van der Waals surface area contributed by atoms with Gasteiger partial charge < -0.3 is 9.47 Å². The average Bonchev–Trinajstić information content (AvgIpc) is 2.86. The van der Waals surface area contributed by atoms with Gasteiger partial charge in [-0.2, -0.15) is 0 Å². The molecule has 0 amide bonds. The quantitative estimate of drug-likeness (QED) is 0.440. The Morgan fingerprint density at radius 2 is 2.11 bits per heavy atom. The van der Waals surface area contributed by atoms with Gasteiger partial charge in [0.15, 0.2) is 0 Å². The van der Waals surface area contributed by atoms with Gasteiger partial charge in [-0.3, -0.25) is 4.79 Å². The molecule has 0 aromatic rings. The zero-order valence-electron chi connectivity index (χ0n) is 12.0. The first kappa shape index (κ1) is 13.6. The molecule has 1 saturated carbocycles. The Balaban J connectivity index is 2.06. The molecule has 0 spiro atoms. The van der Waals surface area contributed by atoms with Crippen LogP contribution in [0.3, 0.4) is 0 Å². The van der Waals surface area contributed by atoms with E-state index < -0.39 is 0 Å². The van der Waals surface area contributed by atoms with Crippen LogP contribution in [0, 0.1) is 11.3 Å². The first-order chi connectivity index (χ1) is 8.25. The maximum absolute atomic E-state index is 10.9. The van der Waals surface area contributed by atoms with Gasteiger partial charge in [0.25, 0.3) is 0 Å². The third-order valence-electron chi connectivity index (χ3n) is 4.42. The first-order valence-electron chi connectivity index (χ1n) is 6.79. The molecular weight excluding hydrogens is 228 g/mol. The van der Waals surface area contributed by atoms with Crippen molar-refractivity contribution in [1.82, 2.24) is 0 Å². The highest BCUT2D eigenvalue weighted by Crippen LogP contribution is 2.58. The van der Waals surface area contributed by atoms with Crippen LogP contribution in [0.5, 0.6) is 0 Å². The Morgan fingerprint density at radius 1 is 1.44 bits per heavy atom. The SMILES string of the molecule is CC(=O)O[C@@H](C)C=C[C@@H]1C(C)(C)CC[C@@H]2O[C@@]21C. The van der Waals surface area contributed by atoms with E-state index in [1.165, 1.54) is 13.3 Å². The molecule has 0 aromatic heterocycles. The van der Waals surface area contributed by atoms with Gasteiger partial charge in [0.1, 0.15) is 6.10 Å². The topological polar surface area (TPSA) is 38.8 Å². The summed E-state index contributed by atoms with van der Waals surface area (Å²) in [5.74, 6) is 0.156. The van der Waals surface area contributed by atoms with Crippen molar-refractivity contribution in [3.05, 3.63) is 12.2 Å². The number of hydrogen-bond donors (Lipinski definition) is 0. The molecule has 18 heavy (non-hydrogen) atoms. The van der Waals surface area contributed by atoms with Crippen LogP contribution >= 0.6 is 0 Å². The highest BCUT2D eigenvalue weighted by Gasteiger charge is 2.63. The summed E-state index contributed by atoms with van der Waals surface area (Å²) in [5.41, 5.74) is 0.238. The van der Waals surface area contributed by atoms with Gasteiger partial charge >= 0.3 is 5.97 Å². The predicted molar refractivity (Wildman–Crippen MR) is 70.2 cm³/mol. The van der Waals surface area contributed by atoms with Crippen molar-refractivity contribution in [2.75, 3.05) is 0 Å². The summed E-state index contributed by atoms with van der Waals surface area (Å²) >= 11 is 0. The molecule has 0 N–H and O–H groups in total. The van der Waals surface area contributed by atoms with E-state index in [1.54, 1.807) is 0 Å². The van der Waals surface area contributed by atoms with Crippen molar-refractivity contribution in [3.8, 4) is 0 Å². The smallest absolute Gasteiger partial charge is 0.303 e. The van der Waals surface area contributed by atoms with E-state index in [9.17, 15) is 4.79 Å². The number of carbonyl (C=O) groups is 1. The van der Waals surface area contributed by atoms with E-state index in [-0.39, 0.29) is 23.1 Å². The molecule has 3 nitrogen and oxygen atoms in total. The number of rotatable bonds is 3. The fourth-order valence-corrected chi connectivity index (χ4v) is 3.35. The summed E-state index contributed by atoms with van der Waals surface area (Å²) in [6, 6.07) is 0. The average molecular weight is 252 g/mol. The number of ether oxygens (including phenoxy) is 2. The molecule has 4 atom stereocenters. The zero-order valence-corrected chi connectivity index (χ0v) is 12.0. The molecule has 102 valence electrons. The Kier molecular flexibility index (Phi) is 3.30. The maximum atomic E-state index is 10.9. The van der Waals surface area contributed by atoms with Crippen LogP contribution in [0.15, 0.2) is 12.2 Å².